The van der Waals surface area contributed by atoms with Gasteiger partial charge in [-0.1, -0.05) is 17.7 Å². The highest BCUT2D eigenvalue weighted by Crippen LogP contribution is 2.31. The average molecular weight is 346 g/mol. The number of hydrogen-bond donors (Lipinski definition) is 2. The number of carbonyl (C=O) groups excluding carboxylic acids is 2. The number of likely N-dealkylation sites (N-methyl/N-ethyl adjacent to an activating group) is 1. The Morgan fingerprint density at radius 1 is 1.21 bits per heavy atom. The normalized spacial score (nSPS) is 12.8. The molecule has 0 fully saturated rings. The van der Waals surface area contributed by atoms with Crippen LogP contribution in [0.2, 0.25) is 5.02 Å². The van der Waals surface area contributed by atoms with Gasteiger partial charge in [-0.25, -0.2) is 4.79 Å². The monoisotopic (exact) mass is 345 g/mol. The number of amides is 3. The molecule has 124 valence electrons. The molecule has 2 aromatic carbocycles. The molecule has 1 heterocycles. The lowest BCUT2D eigenvalue weighted by Crippen LogP contribution is -2.34. The fourth-order valence-corrected chi connectivity index (χ4v) is 2.59. The molecule has 0 radical (unpaired) electrons. The number of rotatable bonds is 2. The van der Waals surface area contributed by atoms with Gasteiger partial charge < -0.3 is 15.0 Å². The third-order valence-corrected chi connectivity index (χ3v) is 3.86. The molecule has 3 amide bonds. The lowest BCUT2D eigenvalue weighted by molar-refractivity contribution is 0.0966. The Bertz CT molecular complexity index is 794. The van der Waals surface area contributed by atoms with E-state index in [1.54, 1.807) is 42.5 Å². The van der Waals surface area contributed by atoms with Gasteiger partial charge in [0.2, 0.25) is 0 Å². The second-order valence-corrected chi connectivity index (χ2v) is 5.81. The molecule has 0 saturated carbocycles. The summed E-state index contributed by atoms with van der Waals surface area (Å²) in [7, 11) is 1.96. The van der Waals surface area contributed by atoms with Gasteiger partial charge in [0.25, 0.3) is 5.91 Å². The van der Waals surface area contributed by atoms with E-state index in [0.717, 1.165) is 12.2 Å². The SMILES string of the molecule is CN1CCOc2cc(C(=O)NC(=O)Nc3cccc(Cl)c3)ccc21. The van der Waals surface area contributed by atoms with Crippen LogP contribution in [0.25, 0.3) is 0 Å². The summed E-state index contributed by atoms with van der Waals surface area (Å²) in [6, 6.07) is 11.1. The Kier molecular flexibility index (Phi) is 4.57. The Morgan fingerprint density at radius 2 is 2.04 bits per heavy atom. The molecule has 1 aliphatic heterocycles. The first kappa shape index (κ1) is 16.1. The molecule has 0 aromatic heterocycles. The van der Waals surface area contributed by atoms with Crippen LogP contribution in [0.3, 0.4) is 0 Å². The predicted molar refractivity (Wildman–Crippen MR) is 93.1 cm³/mol. The van der Waals surface area contributed by atoms with Crippen molar-refractivity contribution < 1.29 is 14.3 Å². The van der Waals surface area contributed by atoms with Crippen molar-refractivity contribution in [2.24, 2.45) is 0 Å². The molecular formula is C17H16ClN3O3. The number of halogens is 1. The van der Waals surface area contributed by atoms with Crippen LogP contribution >= 0.6 is 11.6 Å². The third kappa shape index (κ3) is 3.60. The minimum atomic E-state index is -0.627. The first-order valence-electron chi connectivity index (χ1n) is 7.39. The molecule has 6 nitrogen and oxygen atoms in total. The zero-order valence-corrected chi connectivity index (χ0v) is 13.8. The van der Waals surface area contributed by atoms with Crippen molar-refractivity contribution in [2.45, 2.75) is 0 Å². The molecule has 0 unspecified atom stereocenters. The van der Waals surface area contributed by atoms with E-state index in [0.29, 0.717) is 28.6 Å². The number of imide groups is 1. The van der Waals surface area contributed by atoms with Crippen molar-refractivity contribution in [2.75, 3.05) is 30.4 Å². The van der Waals surface area contributed by atoms with Gasteiger partial charge in [0.1, 0.15) is 12.4 Å². The molecule has 0 spiro atoms. The highest BCUT2D eigenvalue weighted by molar-refractivity contribution is 6.30. The van der Waals surface area contributed by atoms with Crippen LogP contribution in [0.1, 0.15) is 10.4 Å². The second kappa shape index (κ2) is 6.80. The van der Waals surface area contributed by atoms with Crippen molar-refractivity contribution in [3.8, 4) is 5.75 Å². The van der Waals surface area contributed by atoms with E-state index < -0.39 is 11.9 Å². The van der Waals surface area contributed by atoms with Crippen molar-refractivity contribution >= 4 is 34.9 Å². The van der Waals surface area contributed by atoms with Gasteiger partial charge >= 0.3 is 6.03 Å². The number of ether oxygens (including phenoxy) is 1. The quantitative estimate of drug-likeness (QED) is 0.877. The summed E-state index contributed by atoms with van der Waals surface area (Å²) in [6.45, 7) is 1.35. The van der Waals surface area contributed by atoms with Gasteiger partial charge in [-0.15, -0.1) is 0 Å². The highest BCUT2D eigenvalue weighted by Gasteiger charge is 2.18. The number of anilines is 2. The van der Waals surface area contributed by atoms with E-state index in [2.05, 4.69) is 10.6 Å². The molecule has 0 saturated heterocycles. The Labute approximate surface area is 144 Å². The molecule has 0 aliphatic carbocycles. The fraction of sp³-hybridized carbons (Fsp3) is 0.176. The topological polar surface area (TPSA) is 70.7 Å². The molecule has 24 heavy (non-hydrogen) atoms. The summed E-state index contributed by atoms with van der Waals surface area (Å²) >= 11 is 5.85. The van der Waals surface area contributed by atoms with Crippen molar-refractivity contribution in [3.05, 3.63) is 53.1 Å². The second-order valence-electron chi connectivity index (χ2n) is 5.37. The molecular weight excluding hydrogens is 330 g/mol. The number of urea groups is 1. The number of hydrogen-bond acceptors (Lipinski definition) is 4. The number of fused-ring (bicyclic) bond motifs is 1. The molecule has 0 atom stereocenters. The zero-order chi connectivity index (χ0) is 17.1. The van der Waals surface area contributed by atoms with E-state index in [1.807, 2.05) is 11.9 Å². The maximum atomic E-state index is 12.2. The zero-order valence-electron chi connectivity index (χ0n) is 13.0. The van der Waals surface area contributed by atoms with Gasteiger partial charge in [0, 0.05) is 23.3 Å². The van der Waals surface area contributed by atoms with Crippen molar-refractivity contribution in [1.82, 2.24) is 5.32 Å². The van der Waals surface area contributed by atoms with Crippen LogP contribution in [0.4, 0.5) is 16.2 Å². The van der Waals surface area contributed by atoms with E-state index in [1.165, 1.54) is 0 Å². The number of carbonyl (C=O) groups is 2. The summed E-state index contributed by atoms with van der Waals surface area (Å²) in [5.74, 6) is 0.126. The standard InChI is InChI=1S/C17H16ClN3O3/c1-21-7-8-24-15-9-11(5-6-14(15)21)16(22)20-17(23)19-13-4-2-3-12(18)10-13/h2-6,9-10H,7-8H2,1H3,(H2,19,20,22,23). The summed E-state index contributed by atoms with van der Waals surface area (Å²) in [6.07, 6.45) is 0. The number of benzene rings is 2. The number of nitrogens with zero attached hydrogens (tertiary/aromatic N) is 1. The van der Waals surface area contributed by atoms with Gasteiger partial charge in [-0.05, 0) is 36.4 Å². The van der Waals surface area contributed by atoms with Gasteiger partial charge in [-0.2, -0.15) is 0 Å². The smallest absolute Gasteiger partial charge is 0.326 e. The van der Waals surface area contributed by atoms with Gasteiger partial charge in [0.15, 0.2) is 0 Å². The van der Waals surface area contributed by atoms with Gasteiger partial charge in [0.05, 0.1) is 12.2 Å². The number of nitrogens with one attached hydrogen (secondary N) is 2. The summed E-state index contributed by atoms with van der Waals surface area (Å²) in [5, 5.41) is 5.33. The lowest BCUT2D eigenvalue weighted by atomic mass is 10.1. The van der Waals surface area contributed by atoms with E-state index in [4.69, 9.17) is 16.3 Å². The van der Waals surface area contributed by atoms with Crippen LogP contribution in [-0.4, -0.2) is 32.1 Å². The fourth-order valence-electron chi connectivity index (χ4n) is 2.40. The van der Waals surface area contributed by atoms with Crippen LogP contribution < -0.4 is 20.3 Å². The van der Waals surface area contributed by atoms with E-state index in [-0.39, 0.29) is 0 Å². The minimum Gasteiger partial charge on any atom is -0.490 e. The van der Waals surface area contributed by atoms with E-state index in [9.17, 15) is 9.59 Å². The Balaban J connectivity index is 1.67. The Hall–Kier alpha value is -2.73. The van der Waals surface area contributed by atoms with Crippen LogP contribution in [0, 0.1) is 0 Å². The maximum Gasteiger partial charge on any atom is 0.326 e. The maximum absolute atomic E-state index is 12.2. The Morgan fingerprint density at radius 3 is 2.83 bits per heavy atom. The first-order valence-corrected chi connectivity index (χ1v) is 7.76. The highest BCUT2D eigenvalue weighted by atomic mass is 35.5. The third-order valence-electron chi connectivity index (χ3n) is 3.63. The molecule has 2 N–H and O–H groups in total. The van der Waals surface area contributed by atoms with Gasteiger partial charge in [-0.3, -0.25) is 10.1 Å². The predicted octanol–water partition coefficient (Wildman–Crippen LogP) is 3.13. The molecule has 3 rings (SSSR count). The molecule has 7 heteroatoms. The molecule has 0 bridgehead atoms. The van der Waals surface area contributed by atoms with Crippen LogP contribution in [-0.2, 0) is 0 Å². The van der Waals surface area contributed by atoms with Crippen molar-refractivity contribution in [3.63, 3.8) is 0 Å². The first-order chi connectivity index (χ1) is 11.5. The molecule has 2 aromatic rings. The lowest BCUT2D eigenvalue weighted by Gasteiger charge is -2.27. The summed E-state index contributed by atoms with van der Waals surface area (Å²) < 4.78 is 5.56. The van der Waals surface area contributed by atoms with Crippen molar-refractivity contribution in [1.29, 1.82) is 0 Å². The summed E-state index contributed by atoms with van der Waals surface area (Å²) in [5.41, 5.74) is 1.77. The van der Waals surface area contributed by atoms with E-state index >= 15 is 0 Å². The van der Waals surface area contributed by atoms with Crippen LogP contribution in [0.5, 0.6) is 5.75 Å². The summed E-state index contributed by atoms with van der Waals surface area (Å²) in [4.78, 5) is 26.2. The molecule has 1 aliphatic rings. The van der Waals surface area contributed by atoms with Crippen LogP contribution in [0.15, 0.2) is 42.5 Å². The largest absolute Gasteiger partial charge is 0.490 e. The minimum absolute atomic E-state index is 0.352. The average Bonchev–Trinajstić information content (AvgIpc) is 2.54.